The predicted octanol–water partition coefficient (Wildman–Crippen LogP) is 11.7. The monoisotopic (exact) mass is 563 g/mol. The predicted molar refractivity (Wildman–Crippen MR) is 186 cm³/mol. The van der Waals surface area contributed by atoms with Crippen molar-refractivity contribution in [3.63, 3.8) is 0 Å². The molecule has 1 heterocycles. The molecule has 7 aromatic rings. The number of rotatable bonds is 6. The smallest absolute Gasteiger partial charge is 0.0702 e. The molecule has 1 aromatic heterocycles. The van der Waals surface area contributed by atoms with Gasteiger partial charge in [0.05, 0.1) is 5.69 Å². The third-order valence-corrected chi connectivity index (χ3v) is 8.40. The van der Waals surface area contributed by atoms with Gasteiger partial charge >= 0.3 is 0 Å². The Morgan fingerprint density at radius 3 is 1.48 bits per heavy atom. The molecule has 44 heavy (non-hydrogen) atoms. The first-order valence-corrected chi connectivity index (χ1v) is 15.1. The second-order valence-electron chi connectivity index (χ2n) is 11.4. The Morgan fingerprint density at radius 1 is 0.341 bits per heavy atom. The van der Waals surface area contributed by atoms with E-state index < -0.39 is 0 Å². The zero-order chi connectivity index (χ0) is 29.9. The molecular formula is C43H33N. The minimum absolute atomic E-state index is 0.979. The molecule has 0 saturated carbocycles. The van der Waals surface area contributed by atoms with Crippen LogP contribution in [0.3, 0.4) is 0 Å². The van der Waals surface area contributed by atoms with Crippen LogP contribution in [0.4, 0.5) is 0 Å². The van der Waals surface area contributed by atoms with Crippen LogP contribution < -0.4 is 0 Å². The molecule has 0 unspecified atom stereocenters. The largest absolute Gasteiger partial charge is 0.256 e. The zero-order valence-electron chi connectivity index (χ0n) is 25.0. The van der Waals surface area contributed by atoms with Crippen LogP contribution in [0.5, 0.6) is 0 Å². The first-order valence-electron chi connectivity index (χ1n) is 15.1. The standard InChI is InChI=1S/C43H33N/c1-30-12-8-13-31(2)43(30)41-29-37(23-24-40(41)38-20-11-21-39(28-38)42-22-6-7-25-44-42)36-19-10-18-35(27-36)34-17-9-16-33(26-34)32-14-4-3-5-15-32/h3-29H,1-2H3. The normalized spacial score (nSPS) is 11.0. The van der Waals surface area contributed by atoms with Crippen molar-refractivity contribution in [2.24, 2.45) is 0 Å². The van der Waals surface area contributed by atoms with E-state index >= 15 is 0 Å². The van der Waals surface area contributed by atoms with Crippen molar-refractivity contribution in [1.29, 1.82) is 0 Å². The van der Waals surface area contributed by atoms with Crippen molar-refractivity contribution in [2.75, 3.05) is 0 Å². The van der Waals surface area contributed by atoms with Crippen LogP contribution in [0.1, 0.15) is 11.1 Å². The number of aryl methyl sites for hydroxylation is 2. The SMILES string of the molecule is Cc1cccc(C)c1-c1cc(-c2cccc(-c3cccc(-c4ccccc4)c3)c2)ccc1-c1cccc(-c2ccccn2)c1. The topological polar surface area (TPSA) is 12.9 Å². The highest BCUT2D eigenvalue weighted by atomic mass is 14.7. The molecule has 0 spiro atoms. The number of hydrogen-bond donors (Lipinski definition) is 0. The van der Waals surface area contributed by atoms with Gasteiger partial charge in [-0.25, -0.2) is 0 Å². The highest BCUT2D eigenvalue weighted by Crippen LogP contribution is 2.40. The summed E-state index contributed by atoms with van der Waals surface area (Å²) in [5.74, 6) is 0. The van der Waals surface area contributed by atoms with Gasteiger partial charge in [-0.05, 0) is 117 Å². The van der Waals surface area contributed by atoms with Crippen LogP contribution in [0.2, 0.25) is 0 Å². The summed E-state index contributed by atoms with van der Waals surface area (Å²) in [6, 6.07) is 56.6. The van der Waals surface area contributed by atoms with Crippen molar-refractivity contribution in [3.05, 3.63) is 175 Å². The van der Waals surface area contributed by atoms with Gasteiger partial charge in [-0.3, -0.25) is 4.98 Å². The van der Waals surface area contributed by atoms with Crippen molar-refractivity contribution >= 4 is 0 Å². The first kappa shape index (κ1) is 27.3. The lowest BCUT2D eigenvalue weighted by Crippen LogP contribution is -1.93. The Balaban J connectivity index is 1.34. The molecule has 0 N–H and O–H groups in total. The zero-order valence-corrected chi connectivity index (χ0v) is 25.0. The van der Waals surface area contributed by atoms with Gasteiger partial charge in [0, 0.05) is 11.8 Å². The van der Waals surface area contributed by atoms with Crippen LogP contribution in [0.25, 0.3) is 66.9 Å². The Hall–Kier alpha value is -5.53. The van der Waals surface area contributed by atoms with Crippen LogP contribution in [-0.4, -0.2) is 4.98 Å². The van der Waals surface area contributed by atoms with Crippen molar-refractivity contribution in [3.8, 4) is 66.9 Å². The van der Waals surface area contributed by atoms with Gasteiger partial charge in [-0.15, -0.1) is 0 Å². The van der Waals surface area contributed by atoms with Crippen molar-refractivity contribution in [2.45, 2.75) is 13.8 Å². The fourth-order valence-corrected chi connectivity index (χ4v) is 6.19. The van der Waals surface area contributed by atoms with E-state index in [2.05, 4.69) is 164 Å². The molecule has 0 bridgehead atoms. The van der Waals surface area contributed by atoms with Crippen LogP contribution in [0, 0.1) is 13.8 Å². The highest BCUT2D eigenvalue weighted by Gasteiger charge is 2.15. The summed E-state index contributed by atoms with van der Waals surface area (Å²) >= 11 is 0. The Labute approximate surface area is 260 Å². The molecule has 1 heteroatoms. The van der Waals surface area contributed by atoms with Gasteiger partial charge in [-0.2, -0.15) is 0 Å². The van der Waals surface area contributed by atoms with E-state index in [1.807, 2.05) is 18.3 Å². The van der Waals surface area contributed by atoms with E-state index in [1.165, 1.54) is 66.8 Å². The van der Waals surface area contributed by atoms with E-state index in [0.29, 0.717) is 0 Å². The van der Waals surface area contributed by atoms with Crippen molar-refractivity contribution < 1.29 is 0 Å². The lowest BCUT2D eigenvalue weighted by Gasteiger charge is -2.18. The minimum Gasteiger partial charge on any atom is -0.256 e. The highest BCUT2D eigenvalue weighted by molar-refractivity contribution is 5.91. The second kappa shape index (κ2) is 12.0. The molecule has 7 rings (SSSR count). The molecule has 210 valence electrons. The van der Waals surface area contributed by atoms with Crippen molar-refractivity contribution in [1.82, 2.24) is 4.98 Å². The van der Waals surface area contributed by atoms with Gasteiger partial charge in [0.1, 0.15) is 0 Å². The maximum Gasteiger partial charge on any atom is 0.0702 e. The molecule has 0 aliphatic carbocycles. The number of hydrogen-bond acceptors (Lipinski definition) is 1. The fraction of sp³-hybridized carbons (Fsp3) is 0.0465. The summed E-state index contributed by atoms with van der Waals surface area (Å²) in [5.41, 5.74) is 16.9. The van der Waals surface area contributed by atoms with E-state index in [9.17, 15) is 0 Å². The third-order valence-electron chi connectivity index (χ3n) is 8.40. The molecule has 0 aliphatic heterocycles. The lowest BCUT2D eigenvalue weighted by atomic mass is 9.86. The fourth-order valence-electron chi connectivity index (χ4n) is 6.19. The Morgan fingerprint density at radius 2 is 0.841 bits per heavy atom. The molecule has 0 saturated heterocycles. The maximum atomic E-state index is 4.60. The second-order valence-corrected chi connectivity index (χ2v) is 11.4. The number of benzene rings is 6. The molecular weight excluding hydrogens is 530 g/mol. The van der Waals surface area contributed by atoms with E-state index in [1.54, 1.807) is 0 Å². The number of aromatic nitrogens is 1. The van der Waals surface area contributed by atoms with Gasteiger partial charge in [0.2, 0.25) is 0 Å². The van der Waals surface area contributed by atoms with Gasteiger partial charge in [-0.1, -0.05) is 121 Å². The summed E-state index contributed by atoms with van der Waals surface area (Å²) in [5, 5.41) is 0. The van der Waals surface area contributed by atoms with E-state index in [0.717, 1.165) is 11.3 Å². The lowest BCUT2D eigenvalue weighted by molar-refractivity contribution is 1.33. The molecule has 0 amide bonds. The number of pyridine rings is 1. The molecule has 6 aromatic carbocycles. The van der Waals surface area contributed by atoms with Crippen LogP contribution in [-0.2, 0) is 0 Å². The first-order chi connectivity index (χ1) is 21.6. The Kier molecular flexibility index (Phi) is 7.44. The average molecular weight is 564 g/mol. The average Bonchev–Trinajstić information content (AvgIpc) is 3.09. The molecule has 0 atom stereocenters. The third kappa shape index (κ3) is 5.48. The van der Waals surface area contributed by atoms with E-state index in [4.69, 9.17) is 0 Å². The maximum absolute atomic E-state index is 4.60. The summed E-state index contributed by atoms with van der Waals surface area (Å²) < 4.78 is 0. The van der Waals surface area contributed by atoms with E-state index in [-0.39, 0.29) is 0 Å². The number of nitrogens with zero attached hydrogens (tertiary/aromatic N) is 1. The van der Waals surface area contributed by atoms with Crippen LogP contribution >= 0.6 is 0 Å². The Bertz CT molecular complexity index is 2050. The molecule has 0 radical (unpaired) electrons. The molecule has 1 nitrogen and oxygen atoms in total. The minimum atomic E-state index is 0.979. The summed E-state index contributed by atoms with van der Waals surface area (Å²) in [6.07, 6.45) is 1.85. The van der Waals surface area contributed by atoms with Gasteiger partial charge < -0.3 is 0 Å². The van der Waals surface area contributed by atoms with Crippen LogP contribution in [0.15, 0.2) is 164 Å². The quantitative estimate of drug-likeness (QED) is 0.196. The molecule has 0 fully saturated rings. The summed E-state index contributed by atoms with van der Waals surface area (Å²) in [7, 11) is 0. The van der Waals surface area contributed by atoms with Gasteiger partial charge in [0.15, 0.2) is 0 Å². The summed E-state index contributed by atoms with van der Waals surface area (Å²) in [4.78, 5) is 4.60. The molecule has 0 aliphatic rings. The van der Waals surface area contributed by atoms with Gasteiger partial charge in [0.25, 0.3) is 0 Å². The summed E-state index contributed by atoms with van der Waals surface area (Å²) in [6.45, 7) is 4.42.